The first-order valence-electron chi connectivity index (χ1n) is 17.6. The van der Waals surface area contributed by atoms with Gasteiger partial charge in [-0.05, 0) is 54.0 Å². The second kappa shape index (κ2) is 20.6. The summed E-state index contributed by atoms with van der Waals surface area (Å²) in [4.78, 5) is 52.4. The highest BCUT2D eigenvalue weighted by Gasteiger charge is 2.31. The first-order valence-corrected chi connectivity index (χ1v) is 17.6. The molecule has 3 aromatic rings. The van der Waals surface area contributed by atoms with Gasteiger partial charge in [-0.2, -0.15) is 0 Å². The molecule has 4 atom stereocenters. The van der Waals surface area contributed by atoms with Gasteiger partial charge in [-0.3, -0.25) is 9.59 Å². The van der Waals surface area contributed by atoms with Crippen molar-refractivity contribution in [3.05, 3.63) is 121 Å². The van der Waals surface area contributed by atoms with Crippen molar-refractivity contribution in [1.82, 2.24) is 16.0 Å². The van der Waals surface area contributed by atoms with Crippen LogP contribution < -0.4 is 16.0 Å². The van der Waals surface area contributed by atoms with Gasteiger partial charge < -0.3 is 35.3 Å². The second-order valence-corrected chi connectivity index (χ2v) is 12.8. The molecule has 0 unspecified atom stereocenters. The molecule has 0 bridgehead atoms. The van der Waals surface area contributed by atoms with Crippen molar-refractivity contribution in [2.45, 2.75) is 63.3 Å². The first-order chi connectivity index (χ1) is 25.2. The Kier molecular flexibility index (Phi) is 15.6. The van der Waals surface area contributed by atoms with Crippen LogP contribution in [0.3, 0.4) is 0 Å². The third-order valence-corrected chi connectivity index (χ3v) is 8.72. The van der Waals surface area contributed by atoms with Crippen LogP contribution in [0.1, 0.15) is 55.2 Å². The lowest BCUT2D eigenvalue weighted by atomic mass is 9.98. The van der Waals surface area contributed by atoms with Gasteiger partial charge in [0.2, 0.25) is 11.8 Å². The normalized spacial score (nSPS) is 14.0. The third-order valence-electron chi connectivity index (χ3n) is 8.72. The number of fused-ring (bicyclic) bond motifs is 3. The number of amides is 3. The number of allylic oxidation sites excluding steroid dienone is 2. The molecule has 0 heterocycles. The van der Waals surface area contributed by atoms with E-state index in [1.165, 1.54) is 0 Å². The first kappa shape index (κ1) is 39.5. The number of alkyl carbamates (subject to hydrolysis) is 1. The zero-order valence-corrected chi connectivity index (χ0v) is 29.6. The Morgan fingerprint density at radius 3 is 2.12 bits per heavy atom. The molecule has 0 saturated heterocycles. The summed E-state index contributed by atoms with van der Waals surface area (Å²) in [7, 11) is 0. The lowest BCUT2D eigenvalue weighted by Crippen LogP contribution is -2.48. The number of hydrogen-bond acceptors (Lipinski definition) is 8. The van der Waals surface area contributed by atoms with Crippen molar-refractivity contribution in [3.63, 3.8) is 0 Å². The average molecular weight is 712 g/mol. The predicted octanol–water partition coefficient (Wildman–Crippen LogP) is 5.18. The van der Waals surface area contributed by atoms with Crippen LogP contribution in [0.25, 0.3) is 11.1 Å². The van der Waals surface area contributed by atoms with Gasteiger partial charge in [-0.1, -0.05) is 91.0 Å². The summed E-state index contributed by atoms with van der Waals surface area (Å²) >= 11 is 0. The minimum Gasteiger partial charge on any atom is -0.462 e. The maximum Gasteiger partial charge on any atom is 0.407 e. The maximum absolute atomic E-state index is 13.4. The lowest BCUT2D eigenvalue weighted by Gasteiger charge is -2.24. The molecule has 0 saturated carbocycles. The van der Waals surface area contributed by atoms with Gasteiger partial charge in [0.15, 0.2) is 0 Å². The number of aliphatic hydroxyl groups excluding tert-OH is 1. The van der Waals surface area contributed by atoms with Gasteiger partial charge in [0.1, 0.15) is 19.3 Å². The zero-order valence-electron chi connectivity index (χ0n) is 29.6. The predicted molar refractivity (Wildman–Crippen MR) is 198 cm³/mol. The summed E-state index contributed by atoms with van der Waals surface area (Å²) in [5.74, 6) is -2.46. The summed E-state index contributed by atoms with van der Waals surface area (Å²) in [5, 5.41) is 17.5. The van der Waals surface area contributed by atoms with E-state index in [0.717, 1.165) is 27.8 Å². The Bertz CT molecular complexity index is 1620. The number of rotatable bonds is 21. The van der Waals surface area contributed by atoms with E-state index in [4.69, 9.17) is 14.2 Å². The summed E-state index contributed by atoms with van der Waals surface area (Å²) in [6, 6.07) is 23.2. The van der Waals surface area contributed by atoms with E-state index < -0.39 is 47.9 Å². The molecule has 0 spiro atoms. The summed E-state index contributed by atoms with van der Waals surface area (Å²) in [6.07, 6.45) is 3.15. The lowest BCUT2D eigenvalue weighted by molar-refractivity contribution is -0.148. The van der Waals surface area contributed by atoms with Crippen LogP contribution in [0.4, 0.5) is 4.79 Å². The van der Waals surface area contributed by atoms with Gasteiger partial charge in [0, 0.05) is 18.4 Å². The fourth-order valence-corrected chi connectivity index (χ4v) is 6.03. The van der Waals surface area contributed by atoms with E-state index in [2.05, 4.69) is 29.1 Å². The molecule has 4 rings (SSSR count). The number of ether oxygens (including phenoxy) is 3. The number of aliphatic hydroxyl groups is 1. The molecule has 0 aliphatic heterocycles. The van der Waals surface area contributed by atoms with E-state index in [9.17, 15) is 24.3 Å². The number of hydrogen-bond donors (Lipinski definition) is 4. The molecule has 3 aromatic carbocycles. The number of carbonyl (C=O) groups excluding carboxylic acids is 4. The van der Waals surface area contributed by atoms with Crippen molar-refractivity contribution >= 4 is 23.9 Å². The van der Waals surface area contributed by atoms with E-state index in [1.54, 1.807) is 19.1 Å². The highest BCUT2D eigenvalue weighted by Crippen LogP contribution is 2.44. The highest BCUT2D eigenvalue weighted by molar-refractivity contribution is 5.86. The van der Waals surface area contributed by atoms with Crippen LogP contribution in [0, 0.1) is 5.92 Å². The van der Waals surface area contributed by atoms with Crippen molar-refractivity contribution < 1.29 is 38.5 Å². The minimum atomic E-state index is -1.04. The maximum atomic E-state index is 13.4. The second-order valence-electron chi connectivity index (χ2n) is 12.8. The van der Waals surface area contributed by atoms with Crippen LogP contribution in [0.5, 0.6) is 0 Å². The van der Waals surface area contributed by atoms with Crippen LogP contribution in [0.15, 0.2) is 104 Å². The molecule has 0 radical (unpaired) electrons. The number of benzene rings is 3. The molecule has 0 fully saturated rings. The number of carbonyl (C=O) groups is 4. The SMILES string of the molecule is C=CCC[C@H](NC(=O)OCC1c2ccccc2-c2ccccc21)C(=O)OC[C@H](COCc1ccccc1)NC(=O)[C@@H](CC=C)CC(=O)N[C@@H](C)CO. The Morgan fingerprint density at radius 2 is 1.48 bits per heavy atom. The molecule has 0 aromatic heterocycles. The topological polar surface area (TPSA) is 152 Å². The van der Waals surface area contributed by atoms with Crippen LogP contribution >= 0.6 is 0 Å². The molecule has 11 nitrogen and oxygen atoms in total. The molecule has 1 aliphatic rings. The summed E-state index contributed by atoms with van der Waals surface area (Å²) in [5.41, 5.74) is 5.25. The zero-order chi connectivity index (χ0) is 37.3. The van der Waals surface area contributed by atoms with Gasteiger partial charge in [-0.25, -0.2) is 9.59 Å². The molecule has 11 heteroatoms. The summed E-state index contributed by atoms with van der Waals surface area (Å²) in [6.45, 7) is 8.94. The summed E-state index contributed by atoms with van der Waals surface area (Å²) < 4.78 is 17.2. The molecule has 3 amide bonds. The van der Waals surface area contributed by atoms with E-state index in [0.29, 0.717) is 6.42 Å². The van der Waals surface area contributed by atoms with Crippen molar-refractivity contribution in [3.8, 4) is 11.1 Å². The Balaban J connectivity index is 1.38. The number of nitrogens with one attached hydrogen (secondary N) is 3. The third kappa shape index (κ3) is 11.6. The largest absolute Gasteiger partial charge is 0.462 e. The van der Waals surface area contributed by atoms with Crippen LogP contribution in [0.2, 0.25) is 0 Å². The van der Waals surface area contributed by atoms with Gasteiger partial charge in [0.05, 0.1) is 31.8 Å². The van der Waals surface area contributed by atoms with Crippen molar-refractivity contribution in [2.75, 3.05) is 26.4 Å². The molecule has 4 N–H and O–H groups in total. The Hall–Kier alpha value is -5.26. The van der Waals surface area contributed by atoms with Crippen molar-refractivity contribution in [2.24, 2.45) is 5.92 Å². The van der Waals surface area contributed by atoms with Crippen LogP contribution in [-0.4, -0.2) is 73.5 Å². The molecular formula is C41H49N3O8. The fraction of sp³-hybridized carbons (Fsp3) is 0.366. The fourth-order valence-electron chi connectivity index (χ4n) is 6.03. The molecular weight excluding hydrogens is 662 g/mol. The minimum absolute atomic E-state index is 0.000399. The Labute approximate surface area is 305 Å². The van der Waals surface area contributed by atoms with E-state index >= 15 is 0 Å². The highest BCUT2D eigenvalue weighted by atomic mass is 16.6. The van der Waals surface area contributed by atoms with E-state index in [1.807, 2.05) is 78.9 Å². The molecule has 1 aliphatic carbocycles. The quantitative estimate of drug-likeness (QED) is 0.0872. The van der Waals surface area contributed by atoms with E-state index in [-0.39, 0.29) is 58.2 Å². The standard InChI is InChI=1S/C41H49N3O8/c1-4-6-21-37(44-41(49)52-27-36-34-19-12-10-17-32(34)33-18-11-13-20-35(33)36)40(48)51-26-31(25-50-24-29-15-8-7-9-16-29)43-39(47)30(14-5-2)22-38(46)42-28(3)23-45/h4-5,7-13,15-20,28,30-31,36-37,45H,1-2,6,14,21-27H2,3H3,(H,42,46)(H,43,47)(H,44,49)/t28-,30-,31-,37-/m0/s1. The van der Waals surface area contributed by atoms with Gasteiger partial charge >= 0.3 is 12.1 Å². The molecule has 52 heavy (non-hydrogen) atoms. The average Bonchev–Trinajstić information content (AvgIpc) is 3.47. The van der Waals surface area contributed by atoms with Gasteiger partial charge in [0.25, 0.3) is 0 Å². The van der Waals surface area contributed by atoms with Crippen LogP contribution in [-0.2, 0) is 35.2 Å². The number of esters is 1. The van der Waals surface area contributed by atoms with Crippen molar-refractivity contribution in [1.29, 1.82) is 0 Å². The Morgan fingerprint density at radius 1 is 0.827 bits per heavy atom. The monoisotopic (exact) mass is 711 g/mol. The smallest absolute Gasteiger partial charge is 0.407 e. The van der Waals surface area contributed by atoms with Gasteiger partial charge in [-0.15, -0.1) is 13.2 Å². The molecule has 276 valence electrons.